The first-order valence-corrected chi connectivity index (χ1v) is 11.0. The molecule has 11 heteroatoms. The van der Waals surface area contributed by atoms with Crippen LogP contribution in [-0.4, -0.2) is 32.9 Å². The Bertz CT molecular complexity index is 1250. The highest BCUT2D eigenvalue weighted by molar-refractivity contribution is 7.93. The van der Waals surface area contributed by atoms with Crippen molar-refractivity contribution in [3.8, 4) is 5.75 Å². The van der Waals surface area contributed by atoms with E-state index >= 15 is 0 Å². The Morgan fingerprint density at radius 2 is 1.75 bits per heavy atom. The third-order valence-electron chi connectivity index (χ3n) is 4.39. The molecule has 0 fully saturated rings. The molecule has 1 N–H and O–H groups in total. The summed E-state index contributed by atoms with van der Waals surface area (Å²) in [6, 6.07) is 17.8. The summed E-state index contributed by atoms with van der Waals surface area (Å²) in [6.45, 7) is -0.628. The maximum Gasteiger partial charge on any atom is 0.270 e. The van der Waals surface area contributed by atoms with Gasteiger partial charge >= 0.3 is 0 Å². The molecule has 0 radical (unpaired) electrons. The second-order valence-corrected chi connectivity index (χ2v) is 8.71. The Balaban J connectivity index is 2.09. The van der Waals surface area contributed by atoms with Gasteiger partial charge in [-0.1, -0.05) is 41.9 Å². The van der Waals surface area contributed by atoms with Gasteiger partial charge in [0.25, 0.3) is 15.7 Å². The summed E-state index contributed by atoms with van der Waals surface area (Å²) in [5, 5.41) is 13.6. The van der Waals surface area contributed by atoms with Crippen LogP contribution in [0.5, 0.6) is 5.75 Å². The fourth-order valence-corrected chi connectivity index (χ4v) is 4.84. The van der Waals surface area contributed by atoms with Gasteiger partial charge in [0.1, 0.15) is 17.2 Å². The van der Waals surface area contributed by atoms with Gasteiger partial charge in [0.15, 0.2) is 0 Å². The van der Waals surface area contributed by atoms with Gasteiger partial charge in [0.05, 0.1) is 22.7 Å². The zero-order valence-electron chi connectivity index (χ0n) is 16.8. The molecule has 3 rings (SSSR count). The molecule has 3 aromatic carbocycles. The number of para-hydroxylation sites is 3. The summed E-state index contributed by atoms with van der Waals surface area (Å²) in [5.74, 6) is -0.447. The summed E-state index contributed by atoms with van der Waals surface area (Å²) < 4.78 is 33.2. The normalized spacial score (nSPS) is 10.9. The van der Waals surface area contributed by atoms with Crippen molar-refractivity contribution >= 4 is 44.6 Å². The SMILES string of the molecule is COc1ccccc1N(CC(=O)Nc1ccccc1)S(=O)(=O)c1cc([N+](=O)[O-])ccc1Cl. The lowest BCUT2D eigenvalue weighted by atomic mass is 10.3. The molecule has 0 aromatic heterocycles. The van der Waals surface area contributed by atoms with Crippen molar-refractivity contribution in [3.63, 3.8) is 0 Å². The number of amides is 1. The summed E-state index contributed by atoms with van der Waals surface area (Å²) in [6.07, 6.45) is 0. The quantitative estimate of drug-likeness (QED) is 0.387. The molecule has 0 saturated carbocycles. The number of non-ortho nitro benzene ring substituents is 1. The Labute approximate surface area is 189 Å². The highest BCUT2D eigenvalue weighted by Gasteiger charge is 2.32. The Hall–Kier alpha value is -3.63. The number of hydrogen-bond donors (Lipinski definition) is 1. The smallest absolute Gasteiger partial charge is 0.270 e. The number of rotatable bonds is 8. The molecule has 0 spiro atoms. The average molecular weight is 476 g/mol. The van der Waals surface area contributed by atoms with E-state index in [4.69, 9.17) is 16.3 Å². The molecule has 9 nitrogen and oxygen atoms in total. The van der Waals surface area contributed by atoms with Gasteiger partial charge in [-0.15, -0.1) is 0 Å². The van der Waals surface area contributed by atoms with E-state index in [1.807, 2.05) is 0 Å². The van der Waals surface area contributed by atoms with Crippen LogP contribution in [0.25, 0.3) is 0 Å². The van der Waals surface area contributed by atoms with E-state index in [-0.39, 0.29) is 16.5 Å². The molecule has 0 heterocycles. The standard InChI is InChI=1S/C21H18ClN3O6S/c1-31-19-10-6-5-9-18(19)24(14-21(26)23-15-7-3-2-4-8-15)32(29,30)20-13-16(25(27)28)11-12-17(20)22/h2-13H,14H2,1H3,(H,23,26). The fourth-order valence-electron chi connectivity index (χ4n) is 2.91. The first-order chi connectivity index (χ1) is 15.2. The van der Waals surface area contributed by atoms with Gasteiger partial charge in [-0.05, 0) is 30.3 Å². The van der Waals surface area contributed by atoms with E-state index in [0.29, 0.717) is 5.69 Å². The number of methoxy groups -OCH3 is 1. The number of carbonyl (C=O) groups is 1. The molecule has 0 unspecified atom stereocenters. The summed E-state index contributed by atoms with van der Waals surface area (Å²) in [4.78, 5) is 22.7. The lowest BCUT2D eigenvalue weighted by Gasteiger charge is -2.26. The second kappa shape index (κ2) is 9.67. The molecule has 0 saturated heterocycles. The molecular weight excluding hydrogens is 458 g/mol. The molecule has 166 valence electrons. The minimum absolute atomic E-state index is 0.0702. The number of nitro benzene ring substituents is 1. The van der Waals surface area contributed by atoms with Crippen LogP contribution in [0.3, 0.4) is 0 Å². The summed E-state index contributed by atoms with van der Waals surface area (Å²) in [7, 11) is -3.15. The van der Waals surface area contributed by atoms with Crippen LogP contribution in [0.2, 0.25) is 5.02 Å². The molecule has 32 heavy (non-hydrogen) atoms. The van der Waals surface area contributed by atoms with Crippen molar-refractivity contribution in [2.45, 2.75) is 4.90 Å². The lowest BCUT2D eigenvalue weighted by molar-refractivity contribution is -0.385. The average Bonchev–Trinajstić information content (AvgIpc) is 2.78. The van der Waals surface area contributed by atoms with Gasteiger partial charge in [-0.3, -0.25) is 19.2 Å². The van der Waals surface area contributed by atoms with Crippen LogP contribution in [0.1, 0.15) is 0 Å². The predicted octanol–water partition coefficient (Wildman–Crippen LogP) is 4.09. The number of hydrogen-bond acceptors (Lipinski definition) is 6. The maximum atomic E-state index is 13.6. The van der Waals surface area contributed by atoms with Crippen LogP contribution < -0.4 is 14.4 Å². The summed E-state index contributed by atoms with van der Waals surface area (Å²) >= 11 is 6.10. The zero-order chi connectivity index (χ0) is 23.3. The molecule has 0 aliphatic heterocycles. The first kappa shape index (κ1) is 23.0. The van der Waals surface area contributed by atoms with Crippen molar-refractivity contribution in [1.29, 1.82) is 0 Å². The Kier molecular flexibility index (Phi) is 6.96. The van der Waals surface area contributed by atoms with Crippen LogP contribution >= 0.6 is 11.6 Å². The number of sulfonamides is 1. The van der Waals surface area contributed by atoms with Crippen molar-refractivity contribution in [2.24, 2.45) is 0 Å². The molecule has 1 amide bonds. The number of nitro groups is 1. The minimum atomic E-state index is -4.50. The van der Waals surface area contributed by atoms with Crippen molar-refractivity contribution in [2.75, 3.05) is 23.3 Å². The molecule has 0 atom stereocenters. The topological polar surface area (TPSA) is 119 Å². The largest absolute Gasteiger partial charge is 0.495 e. The number of halogens is 1. The van der Waals surface area contributed by atoms with Crippen molar-refractivity contribution in [1.82, 2.24) is 0 Å². The van der Waals surface area contributed by atoms with E-state index in [2.05, 4.69) is 5.32 Å². The highest BCUT2D eigenvalue weighted by Crippen LogP contribution is 2.35. The molecular formula is C21H18ClN3O6S. The van der Waals surface area contributed by atoms with Gasteiger partial charge in [-0.25, -0.2) is 8.42 Å². The van der Waals surface area contributed by atoms with Gasteiger partial charge < -0.3 is 10.1 Å². The number of benzene rings is 3. The van der Waals surface area contributed by atoms with Crippen LogP contribution in [-0.2, 0) is 14.8 Å². The first-order valence-electron chi connectivity index (χ1n) is 9.18. The zero-order valence-corrected chi connectivity index (χ0v) is 18.3. The lowest BCUT2D eigenvalue weighted by Crippen LogP contribution is -2.38. The third-order valence-corrected chi connectivity index (χ3v) is 6.63. The second-order valence-electron chi connectivity index (χ2n) is 6.47. The fraction of sp³-hybridized carbons (Fsp3) is 0.0952. The van der Waals surface area contributed by atoms with Crippen molar-refractivity contribution in [3.05, 3.63) is 87.9 Å². The Morgan fingerprint density at radius 3 is 2.41 bits per heavy atom. The van der Waals surface area contributed by atoms with E-state index in [1.165, 1.54) is 19.2 Å². The van der Waals surface area contributed by atoms with E-state index in [9.17, 15) is 23.3 Å². The number of carbonyl (C=O) groups excluding carboxylic acids is 1. The number of ether oxygens (including phenoxy) is 1. The minimum Gasteiger partial charge on any atom is -0.495 e. The monoisotopic (exact) mass is 475 g/mol. The molecule has 3 aromatic rings. The Morgan fingerprint density at radius 1 is 1.09 bits per heavy atom. The molecule has 0 aliphatic rings. The van der Waals surface area contributed by atoms with Gasteiger partial charge in [0, 0.05) is 17.8 Å². The van der Waals surface area contributed by atoms with E-state index in [0.717, 1.165) is 22.5 Å². The van der Waals surface area contributed by atoms with E-state index in [1.54, 1.807) is 42.5 Å². The van der Waals surface area contributed by atoms with Crippen LogP contribution in [0.15, 0.2) is 77.7 Å². The highest BCUT2D eigenvalue weighted by atomic mass is 35.5. The summed E-state index contributed by atoms with van der Waals surface area (Å²) in [5.41, 5.74) is 0.0886. The third kappa shape index (κ3) is 4.98. The molecule has 0 aliphatic carbocycles. The van der Waals surface area contributed by atoms with Gasteiger partial charge in [-0.2, -0.15) is 0 Å². The molecule has 0 bridgehead atoms. The number of nitrogens with one attached hydrogen (secondary N) is 1. The van der Waals surface area contributed by atoms with E-state index < -0.39 is 38.0 Å². The van der Waals surface area contributed by atoms with Crippen molar-refractivity contribution < 1.29 is 22.9 Å². The van der Waals surface area contributed by atoms with Gasteiger partial charge in [0.2, 0.25) is 5.91 Å². The van der Waals surface area contributed by atoms with Crippen LogP contribution in [0, 0.1) is 10.1 Å². The predicted molar refractivity (Wildman–Crippen MR) is 121 cm³/mol. The number of anilines is 2. The maximum absolute atomic E-state index is 13.6. The number of nitrogens with zero attached hydrogens (tertiary/aromatic N) is 2. The van der Waals surface area contributed by atoms with Crippen LogP contribution in [0.4, 0.5) is 17.1 Å².